The monoisotopic (exact) mass is 273 g/mol. The fourth-order valence-corrected chi connectivity index (χ4v) is 2.21. The summed E-state index contributed by atoms with van der Waals surface area (Å²) in [5.41, 5.74) is 0.518. The van der Waals surface area contributed by atoms with Crippen molar-refractivity contribution in [2.75, 3.05) is 24.6 Å². The van der Waals surface area contributed by atoms with Crippen molar-refractivity contribution in [3.05, 3.63) is 46.4 Å². The molecule has 0 amide bonds. The third-order valence-electron chi connectivity index (χ3n) is 3.09. The Hall–Kier alpha value is -2.28. The van der Waals surface area contributed by atoms with Crippen LogP contribution >= 0.6 is 0 Å². The zero-order valence-corrected chi connectivity index (χ0v) is 11.1. The number of nitrogens with zero attached hydrogens (tertiary/aromatic N) is 4. The van der Waals surface area contributed by atoms with E-state index in [1.165, 1.54) is 6.07 Å². The van der Waals surface area contributed by atoms with Gasteiger partial charge < -0.3 is 14.6 Å². The van der Waals surface area contributed by atoms with Gasteiger partial charge in [0.05, 0.1) is 13.2 Å². The minimum Gasteiger partial charge on any atom is -0.367 e. The predicted molar refractivity (Wildman–Crippen MR) is 72.5 cm³/mol. The molecule has 0 unspecified atom stereocenters. The van der Waals surface area contributed by atoms with Crippen LogP contribution in [-0.2, 0) is 4.74 Å². The first kappa shape index (κ1) is 12.7. The highest BCUT2D eigenvalue weighted by molar-refractivity contribution is 5.29. The Balaban J connectivity index is 1.83. The molecule has 1 N–H and O–H groups in total. The molecule has 0 aromatic carbocycles. The zero-order valence-electron chi connectivity index (χ0n) is 11.1. The Bertz CT molecular complexity index is 643. The number of rotatable bonds is 2. The molecule has 7 nitrogen and oxygen atoms in total. The summed E-state index contributed by atoms with van der Waals surface area (Å²) in [4.78, 5) is 29.1. The lowest BCUT2D eigenvalue weighted by Crippen LogP contribution is -2.40. The number of ether oxygens (including phenoxy) is 1. The van der Waals surface area contributed by atoms with Gasteiger partial charge in [0.15, 0.2) is 0 Å². The molecule has 1 fully saturated rings. The average Bonchev–Trinajstić information content (AvgIpc) is 2.47. The highest BCUT2D eigenvalue weighted by Crippen LogP contribution is 2.21. The molecule has 2 aromatic rings. The summed E-state index contributed by atoms with van der Waals surface area (Å²) in [6.45, 7) is 3.62. The number of nitrogens with one attached hydrogen (secondary N) is 1. The SMILES string of the molecule is Cc1cc(=O)[nH]c([C@@H]2CN(c3ncccn3)CCO2)n1. The van der Waals surface area contributed by atoms with Crippen molar-refractivity contribution >= 4 is 5.95 Å². The lowest BCUT2D eigenvalue weighted by atomic mass is 10.2. The zero-order chi connectivity index (χ0) is 13.9. The smallest absolute Gasteiger partial charge is 0.251 e. The van der Waals surface area contributed by atoms with Crippen LogP contribution < -0.4 is 10.5 Å². The maximum Gasteiger partial charge on any atom is 0.251 e. The second kappa shape index (κ2) is 5.38. The molecule has 3 rings (SSSR count). The average molecular weight is 273 g/mol. The van der Waals surface area contributed by atoms with Gasteiger partial charge in [-0.05, 0) is 13.0 Å². The summed E-state index contributed by atoms with van der Waals surface area (Å²) in [5, 5.41) is 0. The largest absolute Gasteiger partial charge is 0.367 e. The first-order valence-electron chi connectivity index (χ1n) is 6.44. The number of H-pyrrole nitrogens is 1. The number of aromatic nitrogens is 4. The second-order valence-corrected chi connectivity index (χ2v) is 4.63. The van der Waals surface area contributed by atoms with Crippen LogP contribution in [0.5, 0.6) is 0 Å². The third-order valence-corrected chi connectivity index (χ3v) is 3.09. The van der Waals surface area contributed by atoms with E-state index in [4.69, 9.17) is 4.74 Å². The molecule has 0 saturated carbocycles. The summed E-state index contributed by atoms with van der Waals surface area (Å²) in [6.07, 6.45) is 3.14. The van der Waals surface area contributed by atoms with E-state index in [0.29, 0.717) is 30.6 Å². The lowest BCUT2D eigenvalue weighted by Gasteiger charge is -2.32. The molecule has 20 heavy (non-hydrogen) atoms. The quantitative estimate of drug-likeness (QED) is 0.855. The third kappa shape index (κ3) is 2.67. The van der Waals surface area contributed by atoms with Crippen molar-refractivity contribution in [1.29, 1.82) is 0 Å². The summed E-state index contributed by atoms with van der Waals surface area (Å²) in [6, 6.07) is 3.24. The Labute approximate surface area is 115 Å². The molecule has 0 radical (unpaired) electrons. The Morgan fingerprint density at radius 1 is 1.40 bits per heavy atom. The maximum atomic E-state index is 11.5. The van der Waals surface area contributed by atoms with Crippen LogP contribution in [0, 0.1) is 6.92 Å². The summed E-state index contributed by atoms with van der Waals surface area (Å²) < 4.78 is 5.70. The lowest BCUT2D eigenvalue weighted by molar-refractivity contribution is 0.0332. The van der Waals surface area contributed by atoms with Crippen molar-refractivity contribution < 1.29 is 4.74 Å². The van der Waals surface area contributed by atoms with Crippen LogP contribution in [0.3, 0.4) is 0 Å². The van der Waals surface area contributed by atoms with Crippen molar-refractivity contribution in [3.8, 4) is 0 Å². The maximum absolute atomic E-state index is 11.5. The topological polar surface area (TPSA) is 84.0 Å². The molecule has 1 aliphatic rings. The number of hydrogen-bond acceptors (Lipinski definition) is 6. The molecule has 0 aliphatic carbocycles. The molecular weight excluding hydrogens is 258 g/mol. The van der Waals surface area contributed by atoms with E-state index in [2.05, 4.69) is 19.9 Å². The van der Waals surface area contributed by atoms with Crippen molar-refractivity contribution in [3.63, 3.8) is 0 Å². The Morgan fingerprint density at radius 3 is 2.95 bits per heavy atom. The van der Waals surface area contributed by atoms with Gasteiger partial charge in [-0.25, -0.2) is 15.0 Å². The Morgan fingerprint density at radius 2 is 2.20 bits per heavy atom. The normalized spacial score (nSPS) is 19.1. The van der Waals surface area contributed by atoms with Crippen molar-refractivity contribution in [2.24, 2.45) is 0 Å². The molecular formula is C13H15N5O2. The Kier molecular flexibility index (Phi) is 3.42. The molecule has 3 heterocycles. The molecule has 1 atom stereocenters. The summed E-state index contributed by atoms with van der Waals surface area (Å²) in [5.74, 6) is 1.21. The number of anilines is 1. The molecule has 1 aliphatic heterocycles. The fourth-order valence-electron chi connectivity index (χ4n) is 2.21. The molecule has 7 heteroatoms. The van der Waals surface area contributed by atoms with Gasteiger partial charge in [-0.3, -0.25) is 4.79 Å². The van der Waals surface area contributed by atoms with Gasteiger partial charge >= 0.3 is 0 Å². The van der Waals surface area contributed by atoms with Gasteiger partial charge in [-0.1, -0.05) is 0 Å². The van der Waals surface area contributed by atoms with Crippen LogP contribution in [0.15, 0.2) is 29.3 Å². The van der Waals surface area contributed by atoms with E-state index in [-0.39, 0.29) is 11.7 Å². The number of aryl methyl sites for hydroxylation is 1. The summed E-state index contributed by atoms with van der Waals surface area (Å²) >= 11 is 0. The van der Waals surface area contributed by atoms with Crippen LogP contribution in [0.1, 0.15) is 17.6 Å². The van der Waals surface area contributed by atoms with E-state index < -0.39 is 0 Å². The van der Waals surface area contributed by atoms with Gasteiger partial charge in [-0.2, -0.15) is 0 Å². The van der Waals surface area contributed by atoms with E-state index in [9.17, 15) is 4.79 Å². The molecule has 0 spiro atoms. The second-order valence-electron chi connectivity index (χ2n) is 4.63. The van der Waals surface area contributed by atoms with Crippen LogP contribution in [-0.4, -0.2) is 39.6 Å². The minimum atomic E-state index is -0.278. The molecule has 2 aromatic heterocycles. The highest BCUT2D eigenvalue weighted by Gasteiger charge is 2.25. The van der Waals surface area contributed by atoms with Crippen molar-refractivity contribution in [2.45, 2.75) is 13.0 Å². The van der Waals surface area contributed by atoms with Gasteiger partial charge in [0.1, 0.15) is 11.9 Å². The number of aromatic amines is 1. The number of hydrogen-bond donors (Lipinski definition) is 1. The van der Waals surface area contributed by atoms with E-state index in [0.717, 1.165) is 6.54 Å². The van der Waals surface area contributed by atoms with E-state index in [1.54, 1.807) is 25.4 Å². The van der Waals surface area contributed by atoms with Crippen LogP contribution in [0.25, 0.3) is 0 Å². The first-order valence-corrected chi connectivity index (χ1v) is 6.44. The van der Waals surface area contributed by atoms with Gasteiger partial charge in [0.2, 0.25) is 5.95 Å². The fraction of sp³-hybridized carbons (Fsp3) is 0.385. The van der Waals surface area contributed by atoms with Crippen LogP contribution in [0.4, 0.5) is 5.95 Å². The minimum absolute atomic E-state index is 0.163. The van der Waals surface area contributed by atoms with Gasteiger partial charge in [0.25, 0.3) is 5.56 Å². The first-order chi connectivity index (χ1) is 9.72. The van der Waals surface area contributed by atoms with Crippen LogP contribution in [0.2, 0.25) is 0 Å². The molecule has 0 bridgehead atoms. The number of morpholine rings is 1. The molecule has 104 valence electrons. The standard InChI is InChI=1S/C13H15N5O2/c1-9-7-11(19)17-12(16-9)10-8-18(5-6-20-10)13-14-3-2-4-15-13/h2-4,7,10H,5-6,8H2,1H3,(H,16,17,19)/t10-/m0/s1. The molecule has 1 saturated heterocycles. The van der Waals surface area contributed by atoms with Gasteiger partial charge in [-0.15, -0.1) is 0 Å². The van der Waals surface area contributed by atoms with Crippen molar-refractivity contribution in [1.82, 2.24) is 19.9 Å². The van der Waals surface area contributed by atoms with E-state index in [1.807, 2.05) is 4.90 Å². The highest BCUT2D eigenvalue weighted by atomic mass is 16.5. The van der Waals surface area contributed by atoms with Gasteiger partial charge in [0, 0.05) is 30.7 Å². The summed E-state index contributed by atoms with van der Waals surface area (Å²) in [7, 11) is 0. The predicted octanol–water partition coefficient (Wildman–Crippen LogP) is 0.446. The van der Waals surface area contributed by atoms with E-state index >= 15 is 0 Å².